The minimum Gasteiger partial charge on any atom is -0.478 e. The number of hydrogen-bond acceptors (Lipinski definition) is 5. The van der Waals surface area contributed by atoms with Gasteiger partial charge in [-0.1, -0.05) is 29.8 Å². The topological polar surface area (TPSA) is 144 Å². The average molecular weight is 389 g/mol. The molecule has 0 radical (unpaired) electrons. The number of aromatic amines is 1. The van der Waals surface area contributed by atoms with E-state index in [1.54, 1.807) is 24.3 Å². The van der Waals surface area contributed by atoms with Gasteiger partial charge in [-0.25, -0.2) is 24.1 Å². The van der Waals surface area contributed by atoms with Crippen LogP contribution in [0.5, 0.6) is 0 Å². The summed E-state index contributed by atoms with van der Waals surface area (Å²) in [6.07, 6.45) is 0. The molecule has 29 heavy (non-hydrogen) atoms. The monoisotopic (exact) mass is 389 g/mol. The van der Waals surface area contributed by atoms with Crippen LogP contribution in [0.2, 0.25) is 0 Å². The molecule has 0 fully saturated rings. The van der Waals surface area contributed by atoms with Crippen LogP contribution in [-0.2, 0) is 0 Å². The summed E-state index contributed by atoms with van der Waals surface area (Å²) < 4.78 is 1.31. The number of nitrogens with zero attached hydrogens (tertiary/aromatic N) is 3. The minimum atomic E-state index is -1.11. The molecular weight excluding hydrogens is 374 g/mol. The van der Waals surface area contributed by atoms with E-state index in [0.717, 1.165) is 5.56 Å². The normalized spacial score (nSPS) is 10.9. The van der Waals surface area contributed by atoms with Gasteiger partial charge in [0.05, 0.1) is 11.3 Å². The van der Waals surface area contributed by atoms with Gasteiger partial charge in [-0.15, -0.1) is 0 Å². The molecule has 0 aliphatic carbocycles. The molecule has 0 saturated carbocycles. The van der Waals surface area contributed by atoms with Crippen LogP contribution in [0.3, 0.4) is 0 Å². The molecule has 1 amide bonds. The first kappa shape index (κ1) is 18.1. The number of hydrogen-bond donors (Lipinski definition) is 3. The molecule has 0 atom stereocenters. The van der Waals surface area contributed by atoms with E-state index >= 15 is 0 Å². The Bertz CT molecular complexity index is 1340. The number of fused-ring (bicyclic) bond motifs is 1. The first-order valence-electron chi connectivity index (χ1n) is 8.58. The molecule has 0 unspecified atom stereocenters. The van der Waals surface area contributed by atoms with E-state index in [9.17, 15) is 19.5 Å². The molecular formula is C20H15N5O4. The highest BCUT2D eigenvalue weighted by molar-refractivity contribution is 6.02. The Labute approximate surface area is 163 Å². The lowest BCUT2D eigenvalue weighted by Crippen LogP contribution is -2.15. The van der Waals surface area contributed by atoms with E-state index in [-0.39, 0.29) is 28.2 Å². The highest BCUT2D eigenvalue weighted by atomic mass is 16.4. The second kappa shape index (κ2) is 6.71. The van der Waals surface area contributed by atoms with E-state index in [0.29, 0.717) is 11.3 Å². The lowest BCUT2D eigenvalue weighted by molar-refractivity contribution is 0.0696. The number of carbonyl (C=O) groups excluding carboxylic acids is 1. The molecule has 0 aliphatic heterocycles. The number of H-pyrrole nitrogens is 1. The fourth-order valence-electron chi connectivity index (χ4n) is 3.02. The second-order valence-electron chi connectivity index (χ2n) is 6.45. The van der Waals surface area contributed by atoms with Gasteiger partial charge in [0.25, 0.3) is 5.91 Å². The molecule has 0 spiro atoms. The third-order valence-electron chi connectivity index (χ3n) is 4.43. The fourth-order valence-corrected chi connectivity index (χ4v) is 3.02. The smallest absolute Gasteiger partial charge is 0.335 e. The first-order valence-corrected chi connectivity index (χ1v) is 8.58. The summed E-state index contributed by atoms with van der Waals surface area (Å²) in [6.45, 7) is 1.92. The number of carboxylic acids is 1. The summed E-state index contributed by atoms with van der Waals surface area (Å²) in [5.74, 6) is -1.87. The van der Waals surface area contributed by atoms with Crippen molar-refractivity contribution in [3.05, 3.63) is 75.8 Å². The van der Waals surface area contributed by atoms with Gasteiger partial charge < -0.3 is 15.8 Å². The SMILES string of the molecule is Cc1ccc(-n2c(=O)[nH]c3c(C(N)=O)nc(-c4cccc(C(=O)O)c4)nc32)cc1. The standard InChI is InChI=1S/C20H15N5O4/c1-10-5-7-13(8-6-10)25-18-15(23-20(25)29)14(16(21)26)22-17(24-18)11-3-2-4-12(9-11)19(27)28/h2-9H,1H3,(H2,21,26)(H,23,29)(H,27,28). The molecule has 2 aromatic carbocycles. The van der Waals surface area contributed by atoms with Crippen LogP contribution in [0, 0.1) is 6.92 Å². The van der Waals surface area contributed by atoms with E-state index in [4.69, 9.17) is 5.73 Å². The predicted octanol–water partition coefficient (Wildman–Crippen LogP) is 1.88. The molecule has 0 saturated heterocycles. The van der Waals surface area contributed by atoms with Crippen molar-refractivity contribution in [3.63, 3.8) is 0 Å². The number of aryl methyl sites for hydroxylation is 1. The third-order valence-corrected chi connectivity index (χ3v) is 4.43. The molecule has 9 heteroatoms. The number of primary amides is 1. The second-order valence-corrected chi connectivity index (χ2v) is 6.45. The van der Waals surface area contributed by atoms with Gasteiger partial charge in [-0.2, -0.15) is 0 Å². The molecule has 4 rings (SSSR count). The first-order chi connectivity index (χ1) is 13.8. The number of nitrogens with one attached hydrogen (secondary N) is 1. The Morgan fingerprint density at radius 1 is 1.10 bits per heavy atom. The van der Waals surface area contributed by atoms with Crippen LogP contribution < -0.4 is 11.4 Å². The van der Waals surface area contributed by atoms with Gasteiger partial charge in [0.2, 0.25) is 0 Å². The highest BCUT2D eigenvalue weighted by Gasteiger charge is 2.20. The molecule has 9 nitrogen and oxygen atoms in total. The van der Waals surface area contributed by atoms with Crippen LogP contribution in [0.15, 0.2) is 53.3 Å². The number of amides is 1. The van der Waals surface area contributed by atoms with Crippen LogP contribution in [-0.4, -0.2) is 36.5 Å². The van der Waals surface area contributed by atoms with Crippen LogP contribution >= 0.6 is 0 Å². The summed E-state index contributed by atoms with van der Waals surface area (Å²) in [7, 11) is 0. The van der Waals surface area contributed by atoms with E-state index in [1.807, 2.05) is 19.1 Å². The van der Waals surface area contributed by atoms with E-state index in [1.165, 1.54) is 16.7 Å². The molecule has 2 heterocycles. The summed E-state index contributed by atoms with van der Waals surface area (Å²) in [4.78, 5) is 47.0. The molecule has 0 aliphatic rings. The largest absolute Gasteiger partial charge is 0.478 e. The zero-order chi connectivity index (χ0) is 20.7. The highest BCUT2D eigenvalue weighted by Crippen LogP contribution is 2.23. The molecule has 4 N–H and O–H groups in total. The number of imidazole rings is 1. The van der Waals surface area contributed by atoms with Crippen LogP contribution in [0.1, 0.15) is 26.4 Å². The molecule has 2 aromatic heterocycles. The molecule has 4 aromatic rings. The zero-order valence-electron chi connectivity index (χ0n) is 15.2. The molecule has 0 bridgehead atoms. The predicted molar refractivity (Wildman–Crippen MR) is 105 cm³/mol. The number of aromatic carboxylic acids is 1. The lowest BCUT2D eigenvalue weighted by atomic mass is 10.1. The number of aromatic nitrogens is 4. The summed E-state index contributed by atoms with van der Waals surface area (Å²) in [6, 6.07) is 13.1. The number of carbonyl (C=O) groups is 2. The lowest BCUT2D eigenvalue weighted by Gasteiger charge is -2.07. The van der Waals surface area contributed by atoms with Crippen molar-refractivity contribution < 1.29 is 14.7 Å². The quantitative estimate of drug-likeness (QED) is 0.486. The van der Waals surface area contributed by atoms with Gasteiger partial charge in [0.1, 0.15) is 5.52 Å². The maximum absolute atomic E-state index is 12.6. The Kier molecular flexibility index (Phi) is 4.19. The fraction of sp³-hybridized carbons (Fsp3) is 0.0500. The number of nitrogens with two attached hydrogens (primary N) is 1. The minimum absolute atomic E-state index is 0.0387. The van der Waals surface area contributed by atoms with Crippen molar-refractivity contribution >= 4 is 23.0 Å². The zero-order valence-corrected chi connectivity index (χ0v) is 15.2. The van der Waals surface area contributed by atoms with Gasteiger partial charge in [0.15, 0.2) is 17.2 Å². The average Bonchev–Trinajstić information content (AvgIpc) is 3.03. The van der Waals surface area contributed by atoms with Gasteiger partial charge in [0, 0.05) is 5.56 Å². The van der Waals surface area contributed by atoms with Crippen molar-refractivity contribution in [3.8, 4) is 17.1 Å². The Balaban J connectivity index is 2.03. The van der Waals surface area contributed by atoms with Crippen molar-refractivity contribution in [1.82, 2.24) is 19.5 Å². The Morgan fingerprint density at radius 3 is 2.48 bits per heavy atom. The Hall–Kier alpha value is -4.27. The van der Waals surface area contributed by atoms with Crippen molar-refractivity contribution in [2.45, 2.75) is 6.92 Å². The van der Waals surface area contributed by atoms with Gasteiger partial charge in [-0.3, -0.25) is 4.79 Å². The molecule has 144 valence electrons. The maximum atomic E-state index is 12.6. The van der Waals surface area contributed by atoms with Crippen LogP contribution in [0.4, 0.5) is 0 Å². The third kappa shape index (κ3) is 3.14. The van der Waals surface area contributed by atoms with Crippen molar-refractivity contribution in [2.24, 2.45) is 5.73 Å². The number of benzene rings is 2. The summed E-state index contributed by atoms with van der Waals surface area (Å²) >= 11 is 0. The van der Waals surface area contributed by atoms with E-state index in [2.05, 4.69) is 15.0 Å². The van der Waals surface area contributed by atoms with Crippen molar-refractivity contribution in [2.75, 3.05) is 0 Å². The maximum Gasteiger partial charge on any atom is 0.335 e. The van der Waals surface area contributed by atoms with E-state index < -0.39 is 17.6 Å². The number of rotatable bonds is 4. The van der Waals surface area contributed by atoms with Crippen molar-refractivity contribution in [1.29, 1.82) is 0 Å². The van der Waals surface area contributed by atoms with Gasteiger partial charge >= 0.3 is 11.7 Å². The summed E-state index contributed by atoms with van der Waals surface area (Å²) in [5.41, 5.74) is 7.06. The number of carboxylic acid groups (broad SMARTS) is 1. The van der Waals surface area contributed by atoms with Crippen LogP contribution in [0.25, 0.3) is 28.2 Å². The summed E-state index contributed by atoms with van der Waals surface area (Å²) in [5, 5.41) is 9.22. The Morgan fingerprint density at radius 2 is 1.83 bits per heavy atom. The van der Waals surface area contributed by atoms with Gasteiger partial charge in [-0.05, 0) is 31.2 Å².